The van der Waals surface area contributed by atoms with E-state index in [4.69, 9.17) is 4.74 Å². The van der Waals surface area contributed by atoms with Gasteiger partial charge in [-0.2, -0.15) is 5.10 Å². The number of nitrogens with zero attached hydrogens (tertiary/aromatic N) is 2. The Hall–Kier alpha value is -3.54. The molecule has 124 valence electrons. The SMILES string of the molecule is COc1cc(-c2ccc3c(-c4cccc(O)c4)[nH]nc3n2)ccc1O. The van der Waals surface area contributed by atoms with Gasteiger partial charge < -0.3 is 14.9 Å². The van der Waals surface area contributed by atoms with E-state index in [0.29, 0.717) is 11.4 Å². The first-order chi connectivity index (χ1) is 12.2. The fourth-order valence-corrected chi connectivity index (χ4v) is 2.78. The van der Waals surface area contributed by atoms with Crippen molar-refractivity contribution in [3.8, 4) is 39.8 Å². The lowest BCUT2D eigenvalue weighted by Crippen LogP contribution is -1.88. The van der Waals surface area contributed by atoms with Crippen LogP contribution in [0.15, 0.2) is 54.6 Å². The van der Waals surface area contributed by atoms with E-state index in [2.05, 4.69) is 15.2 Å². The molecule has 0 aliphatic rings. The summed E-state index contributed by atoms with van der Waals surface area (Å²) in [5.74, 6) is 0.668. The molecule has 3 N–H and O–H groups in total. The number of pyridine rings is 1. The Kier molecular flexibility index (Phi) is 3.50. The molecular formula is C19H15N3O3. The lowest BCUT2D eigenvalue weighted by Gasteiger charge is -2.06. The Balaban J connectivity index is 1.80. The maximum Gasteiger partial charge on any atom is 0.182 e. The molecule has 0 aliphatic heterocycles. The van der Waals surface area contributed by atoms with Gasteiger partial charge in [0.1, 0.15) is 5.75 Å². The quantitative estimate of drug-likeness (QED) is 0.531. The Labute approximate surface area is 143 Å². The summed E-state index contributed by atoms with van der Waals surface area (Å²) in [4.78, 5) is 4.58. The molecule has 2 aromatic heterocycles. The maximum atomic E-state index is 9.72. The molecular weight excluding hydrogens is 318 g/mol. The van der Waals surface area contributed by atoms with Crippen LogP contribution in [0.25, 0.3) is 33.5 Å². The highest BCUT2D eigenvalue weighted by Gasteiger charge is 2.12. The molecule has 0 spiro atoms. The van der Waals surface area contributed by atoms with Crippen LogP contribution in [0.2, 0.25) is 0 Å². The van der Waals surface area contributed by atoms with Gasteiger partial charge in [-0.05, 0) is 42.5 Å². The average molecular weight is 333 g/mol. The average Bonchev–Trinajstić information content (AvgIpc) is 3.05. The second-order valence-electron chi connectivity index (χ2n) is 5.60. The number of methoxy groups -OCH3 is 1. The van der Waals surface area contributed by atoms with Gasteiger partial charge in [0.25, 0.3) is 0 Å². The zero-order valence-corrected chi connectivity index (χ0v) is 13.4. The zero-order chi connectivity index (χ0) is 17.4. The van der Waals surface area contributed by atoms with Crippen molar-refractivity contribution in [2.75, 3.05) is 7.11 Å². The first kappa shape index (κ1) is 15.0. The second kappa shape index (κ2) is 5.83. The molecule has 4 aromatic rings. The molecule has 6 nitrogen and oxygen atoms in total. The Morgan fingerprint density at radius 1 is 0.960 bits per heavy atom. The fourth-order valence-electron chi connectivity index (χ4n) is 2.78. The van der Waals surface area contributed by atoms with Gasteiger partial charge in [0.15, 0.2) is 17.1 Å². The van der Waals surface area contributed by atoms with E-state index < -0.39 is 0 Å². The molecule has 25 heavy (non-hydrogen) atoms. The van der Waals surface area contributed by atoms with Gasteiger partial charge in [0, 0.05) is 16.5 Å². The molecule has 0 saturated carbocycles. The summed E-state index contributed by atoms with van der Waals surface area (Å²) in [6, 6.07) is 15.9. The number of hydrogen-bond donors (Lipinski definition) is 3. The molecule has 2 heterocycles. The van der Waals surface area contributed by atoms with Gasteiger partial charge in [-0.3, -0.25) is 5.10 Å². The molecule has 0 amide bonds. The van der Waals surface area contributed by atoms with Crippen LogP contribution in [0.4, 0.5) is 0 Å². The van der Waals surface area contributed by atoms with E-state index in [1.54, 1.807) is 36.4 Å². The first-order valence-corrected chi connectivity index (χ1v) is 7.67. The van der Waals surface area contributed by atoms with Crippen LogP contribution in [0.1, 0.15) is 0 Å². The Bertz CT molecular complexity index is 1070. The number of aromatic nitrogens is 3. The number of phenolic OH excluding ortho intramolecular Hbond substituents is 2. The van der Waals surface area contributed by atoms with Crippen LogP contribution in [0.3, 0.4) is 0 Å². The van der Waals surface area contributed by atoms with E-state index in [-0.39, 0.29) is 11.5 Å². The van der Waals surface area contributed by atoms with Gasteiger partial charge in [-0.25, -0.2) is 4.98 Å². The lowest BCUT2D eigenvalue weighted by molar-refractivity contribution is 0.373. The topological polar surface area (TPSA) is 91.3 Å². The summed E-state index contributed by atoms with van der Waals surface area (Å²) in [5, 5.41) is 27.5. The van der Waals surface area contributed by atoms with Crippen molar-refractivity contribution in [3.63, 3.8) is 0 Å². The number of rotatable bonds is 3. The minimum atomic E-state index is 0.0817. The molecule has 0 atom stereocenters. The smallest absolute Gasteiger partial charge is 0.182 e. The Morgan fingerprint density at radius 3 is 2.64 bits per heavy atom. The van der Waals surface area contributed by atoms with Crippen molar-refractivity contribution in [2.24, 2.45) is 0 Å². The molecule has 0 unspecified atom stereocenters. The molecule has 0 fully saturated rings. The van der Waals surface area contributed by atoms with Gasteiger partial charge >= 0.3 is 0 Å². The number of H-pyrrole nitrogens is 1. The summed E-state index contributed by atoms with van der Waals surface area (Å²) in [7, 11) is 1.50. The summed E-state index contributed by atoms with van der Waals surface area (Å²) in [6.45, 7) is 0. The van der Waals surface area contributed by atoms with Crippen molar-refractivity contribution in [1.82, 2.24) is 15.2 Å². The highest BCUT2D eigenvalue weighted by molar-refractivity contribution is 5.92. The predicted octanol–water partition coefficient (Wildman–Crippen LogP) is 3.71. The standard InChI is InChI=1S/C19H15N3O3/c1-25-17-10-11(5-8-16(17)24)15-7-6-14-18(21-22-19(14)20-15)12-3-2-4-13(23)9-12/h2-10,23-24H,1H3,(H,20,21,22). The largest absolute Gasteiger partial charge is 0.508 e. The first-order valence-electron chi connectivity index (χ1n) is 7.67. The van der Waals surface area contributed by atoms with Crippen LogP contribution in [0, 0.1) is 0 Å². The van der Waals surface area contributed by atoms with E-state index in [0.717, 1.165) is 27.9 Å². The monoisotopic (exact) mass is 333 g/mol. The fraction of sp³-hybridized carbons (Fsp3) is 0.0526. The van der Waals surface area contributed by atoms with Crippen molar-refractivity contribution in [1.29, 1.82) is 0 Å². The molecule has 4 rings (SSSR count). The summed E-state index contributed by atoms with van der Waals surface area (Å²) < 4.78 is 5.14. The molecule has 2 aromatic carbocycles. The minimum absolute atomic E-state index is 0.0817. The van der Waals surface area contributed by atoms with Crippen molar-refractivity contribution in [2.45, 2.75) is 0 Å². The van der Waals surface area contributed by atoms with Crippen LogP contribution in [-0.4, -0.2) is 32.5 Å². The van der Waals surface area contributed by atoms with Crippen LogP contribution in [-0.2, 0) is 0 Å². The number of aromatic amines is 1. The maximum absolute atomic E-state index is 9.72. The number of hydrogen-bond acceptors (Lipinski definition) is 5. The normalized spacial score (nSPS) is 10.9. The molecule has 0 saturated heterocycles. The third-order valence-electron chi connectivity index (χ3n) is 4.03. The van der Waals surface area contributed by atoms with Gasteiger partial charge in [-0.15, -0.1) is 0 Å². The van der Waals surface area contributed by atoms with E-state index in [1.807, 2.05) is 18.2 Å². The number of ether oxygens (including phenoxy) is 1. The van der Waals surface area contributed by atoms with Crippen molar-refractivity contribution >= 4 is 11.0 Å². The number of aromatic hydroxyl groups is 2. The Morgan fingerprint density at radius 2 is 1.84 bits per heavy atom. The summed E-state index contributed by atoms with van der Waals surface area (Å²) >= 11 is 0. The van der Waals surface area contributed by atoms with Crippen molar-refractivity contribution in [3.05, 3.63) is 54.6 Å². The molecule has 0 bridgehead atoms. The summed E-state index contributed by atoms with van der Waals surface area (Å²) in [6.07, 6.45) is 0. The molecule has 6 heteroatoms. The zero-order valence-electron chi connectivity index (χ0n) is 13.4. The van der Waals surface area contributed by atoms with E-state index in [1.165, 1.54) is 7.11 Å². The highest BCUT2D eigenvalue weighted by atomic mass is 16.5. The van der Waals surface area contributed by atoms with Crippen LogP contribution < -0.4 is 4.74 Å². The number of phenols is 2. The van der Waals surface area contributed by atoms with Crippen LogP contribution in [0.5, 0.6) is 17.2 Å². The van der Waals surface area contributed by atoms with Gasteiger partial charge in [0.05, 0.1) is 18.5 Å². The second-order valence-corrected chi connectivity index (χ2v) is 5.60. The number of nitrogens with one attached hydrogen (secondary N) is 1. The van der Waals surface area contributed by atoms with E-state index >= 15 is 0 Å². The third-order valence-corrected chi connectivity index (χ3v) is 4.03. The summed E-state index contributed by atoms with van der Waals surface area (Å²) in [5.41, 5.74) is 3.75. The third kappa shape index (κ3) is 2.63. The lowest BCUT2D eigenvalue weighted by atomic mass is 10.1. The highest BCUT2D eigenvalue weighted by Crippen LogP contribution is 2.33. The van der Waals surface area contributed by atoms with Crippen molar-refractivity contribution < 1.29 is 14.9 Å². The predicted molar refractivity (Wildman–Crippen MR) is 94.6 cm³/mol. The number of benzene rings is 2. The van der Waals surface area contributed by atoms with Crippen LogP contribution >= 0.6 is 0 Å². The van der Waals surface area contributed by atoms with E-state index in [9.17, 15) is 10.2 Å². The van der Waals surface area contributed by atoms with Gasteiger partial charge in [0.2, 0.25) is 0 Å². The molecule has 0 radical (unpaired) electrons. The minimum Gasteiger partial charge on any atom is -0.508 e. The van der Waals surface area contributed by atoms with Gasteiger partial charge in [-0.1, -0.05) is 12.1 Å². The number of fused-ring (bicyclic) bond motifs is 1. The molecule has 0 aliphatic carbocycles.